The number of aromatic nitrogens is 1. The molecule has 0 saturated carbocycles. The summed E-state index contributed by atoms with van der Waals surface area (Å²) < 4.78 is 25.0. The number of hydrogen-bond donors (Lipinski definition) is 3. The van der Waals surface area contributed by atoms with Crippen LogP contribution in [0.1, 0.15) is 22.8 Å². The van der Waals surface area contributed by atoms with Crippen LogP contribution in [0.15, 0.2) is 48.8 Å². The van der Waals surface area contributed by atoms with Crippen LogP contribution in [0.2, 0.25) is 0 Å². The molecule has 0 saturated heterocycles. The molecule has 0 bridgehead atoms. The lowest BCUT2D eigenvalue weighted by molar-refractivity contribution is 0.102. The molecule has 1 aromatic carbocycles. The fraction of sp³-hybridized carbons (Fsp3) is 0.200. The minimum Gasteiger partial charge on any atom is -0.322 e. The summed E-state index contributed by atoms with van der Waals surface area (Å²) in [5, 5.41) is 2.73. The van der Waals surface area contributed by atoms with Crippen molar-refractivity contribution in [3.63, 3.8) is 0 Å². The first-order valence-corrected chi connectivity index (χ1v) is 8.66. The van der Waals surface area contributed by atoms with Gasteiger partial charge in [-0.25, -0.2) is 8.42 Å². The minimum absolute atomic E-state index is 0.280. The first-order valence-electron chi connectivity index (χ1n) is 6.77. The average Bonchev–Trinajstić information content (AvgIpc) is 2.46. The Bertz CT molecular complexity index is 787. The smallest absolute Gasteiger partial charge is 0.255 e. The molecule has 23 heavy (non-hydrogen) atoms. The van der Waals surface area contributed by atoms with Crippen molar-refractivity contribution in [2.75, 3.05) is 11.6 Å². The van der Waals surface area contributed by atoms with Gasteiger partial charge in [0.1, 0.15) is 5.66 Å². The van der Waals surface area contributed by atoms with Gasteiger partial charge in [0.25, 0.3) is 5.91 Å². The molecule has 1 aromatic heterocycles. The van der Waals surface area contributed by atoms with E-state index in [0.717, 1.165) is 6.26 Å². The van der Waals surface area contributed by atoms with Gasteiger partial charge in [0.05, 0.1) is 6.26 Å². The summed E-state index contributed by atoms with van der Waals surface area (Å²) in [7, 11) is -3.46. The van der Waals surface area contributed by atoms with Crippen molar-refractivity contribution in [3.8, 4) is 0 Å². The van der Waals surface area contributed by atoms with Gasteiger partial charge in [-0.05, 0) is 36.8 Å². The number of nitrogens with zero attached hydrogens (tertiary/aromatic N) is 1. The number of anilines is 1. The van der Waals surface area contributed by atoms with E-state index in [2.05, 4.69) is 15.0 Å². The quantitative estimate of drug-likeness (QED) is 0.706. The van der Waals surface area contributed by atoms with Crippen LogP contribution >= 0.6 is 0 Å². The van der Waals surface area contributed by atoms with Gasteiger partial charge in [-0.1, -0.05) is 12.1 Å². The minimum atomic E-state index is -3.46. The zero-order valence-electron chi connectivity index (χ0n) is 12.8. The molecular formula is C15H18N4O3S. The maximum Gasteiger partial charge on any atom is 0.255 e. The number of sulfonamides is 1. The second-order valence-electron chi connectivity index (χ2n) is 5.34. The standard InChI is InChI=1S/C15H18N4O3S/c1-15(16,19-23(2,21)22)12-5-3-11(4-6-12)14(20)18-13-7-9-17-10-8-13/h3-10,19H,16H2,1-2H3,(H,17,18,20). The van der Waals surface area contributed by atoms with Crippen molar-refractivity contribution in [1.82, 2.24) is 9.71 Å². The van der Waals surface area contributed by atoms with Gasteiger partial charge in [0.2, 0.25) is 10.0 Å². The second-order valence-corrected chi connectivity index (χ2v) is 7.09. The summed E-state index contributed by atoms with van der Waals surface area (Å²) in [6.45, 7) is 1.54. The highest BCUT2D eigenvalue weighted by atomic mass is 32.2. The van der Waals surface area contributed by atoms with Crippen molar-refractivity contribution in [1.29, 1.82) is 0 Å². The second kappa shape index (κ2) is 6.45. The molecule has 1 amide bonds. The number of pyridine rings is 1. The van der Waals surface area contributed by atoms with E-state index in [-0.39, 0.29) is 5.91 Å². The number of rotatable bonds is 5. The highest BCUT2D eigenvalue weighted by Crippen LogP contribution is 2.17. The molecule has 0 spiro atoms. The van der Waals surface area contributed by atoms with Crippen molar-refractivity contribution < 1.29 is 13.2 Å². The number of hydrogen-bond acceptors (Lipinski definition) is 5. The van der Waals surface area contributed by atoms with Gasteiger partial charge in [0.15, 0.2) is 0 Å². The summed E-state index contributed by atoms with van der Waals surface area (Å²) in [6, 6.07) is 9.75. The third-order valence-electron chi connectivity index (χ3n) is 3.08. The fourth-order valence-electron chi connectivity index (χ4n) is 2.05. The van der Waals surface area contributed by atoms with E-state index in [1.165, 1.54) is 0 Å². The molecule has 2 aromatic rings. The first kappa shape index (κ1) is 17.1. The van der Waals surface area contributed by atoms with E-state index in [1.54, 1.807) is 55.7 Å². The van der Waals surface area contributed by atoms with Crippen LogP contribution in [-0.4, -0.2) is 25.6 Å². The number of carbonyl (C=O) groups excluding carboxylic acids is 1. The van der Waals surface area contributed by atoms with Crippen LogP contribution in [-0.2, 0) is 15.7 Å². The maximum absolute atomic E-state index is 12.1. The van der Waals surface area contributed by atoms with Crippen LogP contribution in [0, 0.1) is 0 Å². The Kier molecular flexibility index (Phi) is 4.79. The van der Waals surface area contributed by atoms with Crippen LogP contribution in [0.25, 0.3) is 0 Å². The van der Waals surface area contributed by atoms with E-state index in [0.29, 0.717) is 16.8 Å². The van der Waals surface area contributed by atoms with E-state index < -0.39 is 15.7 Å². The number of benzene rings is 1. The molecule has 1 atom stereocenters. The molecule has 0 fully saturated rings. The molecule has 8 heteroatoms. The average molecular weight is 334 g/mol. The summed E-state index contributed by atoms with van der Waals surface area (Å²) >= 11 is 0. The Morgan fingerprint density at radius 1 is 1.13 bits per heavy atom. The van der Waals surface area contributed by atoms with Crippen molar-refractivity contribution >= 4 is 21.6 Å². The van der Waals surface area contributed by atoms with Gasteiger partial charge >= 0.3 is 0 Å². The lowest BCUT2D eigenvalue weighted by Gasteiger charge is -2.25. The summed E-state index contributed by atoms with van der Waals surface area (Å²) in [5.41, 5.74) is 6.33. The number of nitrogens with two attached hydrogens (primary N) is 1. The topological polar surface area (TPSA) is 114 Å². The number of nitrogens with one attached hydrogen (secondary N) is 2. The number of carbonyl (C=O) groups is 1. The van der Waals surface area contributed by atoms with Crippen molar-refractivity contribution in [2.45, 2.75) is 12.6 Å². The number of amides is 1. The molecule has 0 aliphatic rings. The van der Waals surface area contributed by atoms with E-state index in [1.807, 2.05) is 0 Å². The Balaban J connectivity index is 2.14. The Hall–Kier alpha value is -2.29. The SMILES string of the molecule is CC(N)(NS(C)(=O)=O)c1ccc(C(=O)Nc2ccncc2)cc1. The normalized spacial score (nSPS) is 14.0. The molecule has 0 radical (unpaired) electrons. The summed E-state index contributed by atoms with van der Waals surface area (Å²) in [5.74, 6) is -0.280. The van der Waals surface area contributed by atoms with Crippen molar-refractivity contribution in [3.05, 3.63) is 59.9 Å². The Morgan fingerprint density at radius 3 is 2.22 bits per heavy atom. The first-order chi connectivity index (χ1) is 10.7. The Morgan fingerprint density at radius 2 is 1.70 bits per heavy atom. The summed E-state index contributed by atoms with van der Waals surface area (Å²) in [6.07, 6.45) is 4.19. The lowest BCUT2D eigenvalue weighted by atomic mass is 10.0. The van der Waals surface area contributed by atoms with Crippen molar-refractivity contribution in [2.24, 2.45) is 5.73 Å². The highest BCUT2D eigenvalue weighted by molar-refractivity contribution is 7.88. The molecule has 7 nitrogen and oxygen atoms in total. The summed E-state index contributed by atoms with van der Waals surface area (Å²) in [4.78, 5) is 16.0. The predicted octanol–water partition coefficient (Wildman–Crippen LogP) is 1.01. The zero-order chi connectivity index (χ0) is 17.1. The van der Waals surface area contributed by atoms with Crippen LogP contribution in [0.3, 0.4) is 0 Å². The third kappa shape index (κ3) is 4.85. The molecule has 4 N–H and O–H groups in total. The molecule has 0 aliphatic carbocycles. The van der Waals surface area contributed by atoms with Crippen LogP contribution in [0.4, 0.5) is 5.69 Å². The van der Waals surface area contributed by atoms with E-state index in [9.17, 15) is 13.2 Å². The van der Waals surface area contributed by atoms with Gasteiger partial charge < -0.3 is 11.1 Å². The van der Waals surface area contributed by atoms with Crippen LogP contribution < -0.4 is 15.8 Å². The monoisotopic (exact) mass is 334 g/mol. The maximum atomic E-state index is 12.1. The van der Waals surface area contributed by atoms with Gasteiger partial charge in [-0.15, -0.1) is 0 Å². The van der Waals surface area contributed by atoms with E-state index in [4.69, 9.17) is 5.73 Å². The molecule has 122 valence electrons. The fourth-order valence-corrected chi connectivity index (χ4v) is 2.94. The predicted molar refractivity (Wildman–Crippen MR) is 88.2 cm³/mol. The molecular weight excluding hydrogens is 316 g/mol. The lowest BCUT2D eigenvalue weighted by Crippen LogP contribution is -2.50. The molecule has 0 aliphatic heterocycles. The molecule has 1 heterocycles. The Labute approximate surface area is 135 Å². The third-order valence-corrected chi connectivity index (χ3v) is 3.88. The van der Waals surface area contributed by atoms with E-state index >= 15 is 0 Å². The zero-order valence-corrected chi connectivity index (χ0v) is 13.6. The van der Waals surface area contributed by atoms with Gasteiger partial charge in [-0.3, -0.25) is 9.78 Å². The van der Waals surface area contributed by atoms with Gasteiger partial charge in [-0.2, -0.15) is 4.72 Å². The molecule has 1 unspecified atom stereocenters. The molecule has 2 rings (SSSR count). The largest absolute Gasteiger partial charge is 0.322 e. The van der Waals surface area contributed by atoms with Gasteiger partial charge in [0, 0.05) is 23.6 Å². The van der Waals surface area contributed by atoms with Crippen LogP contribution in [0.5, 0.6) is 0 Å². The highest BCUT2D eigenvalue weighted by Gasteiger charge is 2.25.